The van der Waals surface area contributed by atoms with E-state index in [4.69, 9.17) is 4.74 Å². The van der Waals surface area contributed by atoms with E-state index in [0.29, 0.717) is 18.4 Å². The lowest BCUT2D eigenvalue weighted by atomic mass is 10.3. The largest absolute Gasteiger partial charge is 0.439 e. The minimum absolute atomic E-state index is 0.434. The van der Waals surface area contributed by atoms with Crippen LogP contribution in [0.4, 0.5) is 5.95 Å². The lowest BCUT2D eigenvalue weighted by Crippen LogP contribution is -2.10. The number of anilines is 1. The Morgan fingerprint density at radius 1 is 0.885 bits per heavy atom. The lowest BCUT2D eigenvalue weighted by molar-refractivity contribution is 0.462. The molecular formula is C19H16N6O. The molecule has 7 heteroatoms. The highest BCUT2D eigenvalue weighted by molar-refractivity contribution is 5.34. The molecule has 2 aromatic carbocycles. The van der Waals surface area contributed by atoms with Gasteiger partial charge in [-0.3, -0.25) is 0 Å². The van der Waals surface area contributed by atoms with Crippen molar-refractivity contribution in [3.8, 4) is 17.3 Å². The van der Waals surface area contributed by atoms with Gasteiger partial charge in [0.15, 0.2) is 5.82 Å². The van der Waals surface area contributed by atoms with Gasteiger partial charge in [0.05, 0.1) is 12.2 Å². The molecule has 2 aromatic heterocycles. The van der Waals surface area contributed by atoms with Crippen molar-refractivity contribution in [2.75, 3.05) is 5.32 Å². The van der Waals surface area contributed by atoms with E-state index in [9.17, 15) is 0 Å². The fraction of sp³-hybridized carbons (Fsp3) is 0.0526. The zero-order valence-electron chi connectivity index (χ0n) is 13.9. The number of nitrogens with one attached hydrogen (secondary N) is 1. The van der Waals surface area contributed by atoms with Gasteiger partial charge >= 0.3 is 0 Å². The van der Waals surface area contributed by atoms with Gasteiger partial charge < -0.3 is 10.1 Å². The molecule has 0 aliphatic heterocycles. The molecule has 0 aliphatic carbocycles. The van der Waals surface area contributed by atoms with Gasteiger partial charge in [-0.2, -0.15) is 10.1 Å². The zero-order chi connectivity index (χ0) is 17.6. The van der Waals surface area contributed by atoms with Crippen molar-refractivity contribution in [2.45, 2.75) is 6.54 Å². The molecule has 4 aromatic rings. The average Bonchev–Trinajstić information content (AvgIpc) is 3.17. The lowest BCUT2D eigenvalue weighted by Gasteiger charge is -2.08. The number of nitrogens with zero attached hydrogens (tertiary/aromatic N) is 5. The highest BCUT2D eigenvalue weighted by Gasteiger charge is 2.08. The third-order valence-corrected chi connectivity index (χ3v) is 3.62. The van der Waals surface area contributed by atoms with Crippen LogP contribution in [0.2, 0.25) is 0 Å². The first-order valence-electron chi connectivity index (χ1n) is 8.12. The summed E-state index contributed by atoms with van der Waals surface area (Å²) in [7, 11) is 0. The highest BCUT2D eigenvalue weighted by atomic mass is 16.5. The first-order chi connectivity index (χ1) is 12.9. The summed E-state index contributed by atoms with van der Waals surface area (Å²) in [6.07, 6.45) is 3.18. The molecule has 0 atom stereocenters. The van der Waals surface area contributed by atoms with Crippen LogP contribution < -0.4 is 10.1 Å². The Hall–Kier alpha value is -3.74. The molecule has 128 valence electrons. The zero-order valence-corrected chi connectivity index (χ0v) is 13.9. The average molecular weight is 344 g/mol. The molecule has 2 heterocycles. The summed E-state index contributed by atoms with van der Waals surface area (Å²) in [6.45, 7) is 0.434. The van der Waals surface area contributed by atoms with Gasteiger partial charge in [0.1, 0.15) is 12.1 Å². The molecule has 0 fully saturated rings. The Morgan fingerprint density at radius 2 is 1.65 bits per heavy atom. The normalized spacial score (nSPS) is 10.5. The summed E-state index contributed by atoms with van der Waals surface area (Å²) in [4.78, 5) is 12.9. The molecule has 0 radical (unpaired) electrons. The number of aromatic nitrogens is 5. The van der Waals surface area contributed by atoms with Crippen LogP contribution in [0, 0.1) is 0 Å². The second-order valence-electron chi connectivity index (χ2n) is 5.41. The SMILES string of the molecule is c1ccc(Oc2ccnc(NCc3ncnn3-c3ccccc3)n2)cc1. The number of ether oxygens (including phenoxy) is 1. The van der Waals surface area contributed by atoms with E-state index in [1.807, 2.05) is 60.7 Å². The molecule has 0 saturated carbocycles. The summed E-state index contributed by atoms with van der Waals surface area (Å²) < 4.78 is 7.50. The molecule has 0 spiro atoms. The number of hydrogen-bond acceptors (Lipinski definition) is 6. The summed E-state index contributed by atoms with van der Waals surface area (Å²) in [5, 5.41) is 7.43. The first kappa shape index (κ1) is 15.8. The molecule has 26 heavy (non-hydrogen) atoms. The molecule has 1 N–H and O–H groups in total. The smallest absolute Gasteiger partial charge is 0.226 e. The fourth-order valence-corrected chi connectivity index (χ4v) is 2.42. The molecule has 0 aliphatic rings. The molecule has 0 amide bonds. The molecule has 4 rings (SSSR count). The Balaban J connectivity index is 1.46. The van der Waals surface area contributed by atoms with Crippen molar-refractivity contribution < 1.29 is 4.74 Å². The predicted molar refractivity (Wildman–Crippen MR) is 97.2 cm³/mol. The third-order valence-electron chi connectivity index (χ3n) is 3.62. The van der Waals surface area contributed by atoms with Crippen LogP contribution >= 0.6 is 0 Å². The van der Waals surface area contributed by atoms with Crippen LogP contribution in [0.1, 0.15) is 5.82 Å². The van der Waals surface area contributed by atoms with Gasteiger partial charge in [-0.1, -0.05) is 36.4 Å². The first-order valence-corrected chi connectivity index (χ1v) is 8.12. The van der Waals surface area contributed by atoms with Crippen molar-refractivity contribution in [3.63, 3.8) is 0 Å². The maximum Gasteiger partial charge on any atom is 0.226 e. The third kappa shape index (κ3) is 3.67. The number of benzene rings is 2. The Labute approximate surface area is 150 Å². The van der Waals surface area contributed by atoms with Crippen molar-refractivity contribution >= 4 is 5.95 Å². The fourth-order valence-electron chi connectivity index (χ4n) is 2.42. The second kappa shape index (κ2) is 7.43. The van der Waals surface area contributed by atoms with Crippen LogP contribution in [0.3, 0.4) is 0 Å². The van der Waals surface area contributed by atoms with Gasteiger partial charge in [0.2, 0.25) is 11.8 Å². The summed E-state index contributed by atoms with van der Waals surface area (Å²) in [5.74, 6) is 2.41. The number of hydrogen-bond donors (Lipinski definition) is 1. The van der Waals surface area contributed by atoms with Gasteiger partial charge in [-0.15, -0.1) is 0 Å². The van der Waals surface area contributed by atoms with Gasteiger partial charge in [-0.05, 0) is 24.3 Å². The topological polar surface area (TPSA) is 77.8 Å². The van der Waals surface area contributed by atoms with Crippen molar-refractivity contribution in [3.05, 3.63) is 85.1 Å². The predicted octanol–water partition coefficient (Wildman–Crippen LogP) is 3.46. The maximum absolute atomic E-state index is 5.72. The summed E-state index contributed by atoms with van der Waals surface area (Å²) >= 11 is 0. The second-order valence-corrected chi connectivity index (χ2v) is 5.41. The minimum Gasteiger partial charge on any atom is -0.439 e. The molecule has 0 saturated heterocycles. The molecule has 0 bridgehead atoms. The van der Waals surface area contributed by atoms with E-state index in [2.05, 4.69) is 25.4 Å². The highest BCUT2D eigenvalue weighted by Crippen LogP contribution is 2.19. The maximum atomic E-state index is 5.72. The van der Waals surface area contributed by atoms with Crippen molar-refractivity contribution in [2.24, 2.45) is 0 Å². The van der Waals surface area contributed by atoms with E-state index in [1.54, 1.807) is 16.9 Å². The summed E-state index contributed by atoms with van der Waals surface area (Å²) in [6, 6.07) is 21.0. The molecular weight excluding hydrogens is 328 g/mol. The standard InChI is InChI=1S/C19H16N6O/c1-3-7-15(8-4-1)25-17(22-14-23-25)13-21-19-20-12-11-18(24-19)26-16-9-5-2-6-10-16/h1-12,14H,13H2,(H,20,21,24). The summed E-state index contributed by atoms with van der Waals surface area (Å²) in [5.41, 5.74) is 0.948. The van der Waals surface area contributed by atoms with Gasteiger partial charge in [-0.25, -0.2) is 14.6 Å². The Kier molecular flexibility index (Phi) is 4.51. The minimum atomic E-state index is 0.434. The number of para-hydroxylation sites is 2. The van der Waals surface area contributed by atoms with Crippen molar-refractivity contribution in [1.29, 1.82) is 0 Å². The van der Waals surface area contributed by atoms with Crippen LogP contribution in [0.15, 0.2) is 79.3 Å². The van der Waals surface area contributed by atoms with E-state index in [-0.39, 0.29) is 0 Å². The molecule has 7 nitrogen and oxygen atoms in total. The van der Waals surface area contributed by atoms with Gasteiger partial charge in [0.25, 0.3) is 0 Å². The van der Waals surface area contributed by atoms with E-state index >= 15 is 0 Å². The van der Waals surface area contributed by atoms with E-state index in [0.717, 1.165) is 17.3 Å². The van der Waals surface area contributed by atoms with E-state index < -0.39 is 0 Å². The van der Waals surface area contributed by atoms with Gasteiger partial charge in [0, 0.05) is 12.3 Å². The van der Waals surface area contributed by atoms with Crippen molar-refractivity contribution in [1.82, 2.24) is 24.7 Å². The Bertz CT molecular complexity index is 972. The monoisotopic (exact) mass is 344 g/mol. The Morgan fingerprint density at radius 3 is 2.46 bits per heavy atom. The van der Waals surface area contributed by atoms with E-state index in [1.165, 1.54) is 6.33 Å². The quantitative estimate of drug-likeness (QED) is 0.577. The van der Waals surface area contributed by atoms with Crippen LogP contribution in [-0.2, 0) is 6.54 Å². The van der Waals surface area contributed by atoms with Crippen LogP contribution in [0.25, 0.3) is 5.69 Å². The number of rotatable bonds is 6. The van der Waals surface area contributed by atoms with Crippen LogP contribution in [0.5, 0.6) is 11.6 Å². The van der Waals surface area contributed by atoms with Crippen LogP contribution in [-0.4, -0.2) is 24.7 Å². The molecule has 0 unspecified atom stereocenters.